The number of rotatable bonds is 5. The summed E-state index contributed by atoms with van der Waals surface area (Å²) in [5.41, 5.74) is 2.75. The molecule has 2 aromatic rings. The molecule has 0 radical (unpaired) electrons. The number of carbonyl (C=O) groups excluding carboxylic acids is 1. The number of benzene rings is 2. The molecule has 0 aliphatic heterocycles. The number of carbonyl (C=O) groups is 1. The highest BCUT2D eigenvalue weighted by atomic mass is 16.6. The first-order chi connectivity index (χ1) is 18.7. The zero-order valence-corrected chi connectivity index (χ0v) is 23.7. The Morgan fingerprint density at radius 2 is 1.77 bits per heavy atom. The lowest BCUT2D eigenvalue weighted by atomic mass is 9.50. The number of ether oxygens (including phenoxy) is 1. The summed E-state index contributed by atoms with van der Waals surface area (Å²) in [6, 6.07) is 14.4. The maximum atomic E-state index is 13.3. The number of allylic oxidation sites excluding steroid dienone is 3. The molecule has 5 heteroatoms. The van der Waals surface area contributed by atoms with Crippen molar-refractivity contribution < 1.29 is 19.7 Å². The molecule has 2 N–H and O–H groups in total. The Morgan fingerprint density at radius 3 is 2.59 bits per heavy atom. The minimum atomic E-state index is -0.992. The lowest BCUT2D eigenvalue weighted by molar-refractivity contribution is -0.100. The fraction of sp³-hybridized carbons (Fsp3) is 0.559. The number of nitrogens with zero attached hydrogens (tertiary/aromatic N) is 1. The van der Waals surface area contributed by atoms with E-state index in [0.717, 1.165) is 54.9 Å². The molecule has 208 valence electrons. The van der Waals surface area contributed by atoms with Gasteiger partial charge in [0, 0.05) is 12.0 Å². The van der Waals surface area contributed by atoms with E-state index in [9.17, 15) is 15.0 Å². The minimum Gasteiger partial charge on any atom is -0.450 e. The van der Waals surface area contributed by atoms with Crippen molar-refractivity contribution in [2.75, 3.05) is 13.2 Å². The van der Waals surface area contributed by atoms with E-state index in [2.05, 4.69) is 50.3 Å². The van der Waals surface area contributed by atoms with Gasteiger partial charge in [-0.25, -0.2) is 4.79 Å². The van der Waals surface area contributed by atoms with Crippen molar-refractivity contribution in [1.29, 1.82) is 0 Å². The highest BCUT2D eigenvalue weighted by molar-refractivity contribution is 5.86. The third-order valence-electron chi connectivity index (χ3n) is 11.1. The van der Waals surface area contributed by atoms with Crippen LogP contribution in [0.5, 0.6) is 0 Å². The molecule has 3 saturated carbocycles. The van der Waals surface area contributed by atoms with E-state index in [1.54, 1.807) is 4.90 Å². The van der Waals surface area contributed by atoms with Crippen molar-refractivity contribution in [3.8, 4) is 0 Å². The molecule has 6 rings (SSSR count). The van der Waals surface area contributed by atoms with Crippen LogP contribution in [0.15, 0.2) is 65.8 Å². The largest absolute Gasteiger partial charge is 0.450 e. The highest BCUT2D eigenvalue weighted by Gasteiger charge is 2.62. The Balaban J connectivity index is 1.30. The number of fused-ring (bicyclic) bond motifs is 6. The average Bonchev–Trinajstić information content (AvgIpc) is 3.19. The normalized spacial score (nSPS) is 35.4. The zero-order valence-electron chi connectivity index (χ0n) is 23.7. The van der Waals surface area contributed by atoms with E-state index < -0.39 is 5.60 Å². The van der Waals surface area contributed by atoms with Crippen molar-refractivity contribution in [3.63, 3.8) is 0 Å². The Morgan fingerprint density at radius 1 is 1.00 bits per heavy atom. The second-order valence-corrected chi connectivity index (χ2v) is 13.0. The van der Waals surface area contributed by atoms with Gasteiger partial charge in [-0.15, -0.1) is 0 Å². The van der Waals surface area contributed by atoms with E-state index in [1.807, 2.05) is 25.1 Å². The van der Waals surface area contributed by atoms with Crippen LogP contribution in [-0.2, 0) is 11.3 Å². The highest BCUT2D eigenvalue weighted by Crippen LogP contribution is 2.66. The van der Waals surface area contributed by atoms with Crippen LogP contribution < -0.4 is 0 Å². The smallest absolute Gasteiger partial charge is 0.410 e. The molecule has 2 aromatic carbocycles. The van der Waals surface area contributed by atoms with Crippen LogP contribution >= 0.6 is 0 Å². The third kappa shape index (κ3) is 4.24. The van der Waals surface area contributed by atoms with Crippen LogP contribution in [0, 0.1) is 22.7 Å². The van der Waals surface area contributed by atoms with E-state index >= 15 is 0 Å². The Hall–Kier alpha value is -2.63. The topological polar surface area (TPSA) is 70.0 Å². The van der Waals surface area contributed by atoms with Gasteiger partial charge in [0.15, 0.2) is 0 Å². The molecule has 6 atom stereocenters. The number of hydrogen-bond donors (Lipinski definition) is 2. The molecule has 1 amide bonds. The molecule has 5 nitrogen and oxygen atoms in total. The van der Waals surface area contributed by atoms with Gasteiger partial charge in [-0.3, -0.25) is 0 Å². The van der Waals surface area contributed by atoms with Crippen molar-refractivity contribution in [1.82, 2.24) is 4.90 Å². The van der Waals surface area contributed by atoms with Crippen LogP contribution in [0.3, 0.4) is 0 Å². The molecule has 39 heavy (non-hydrogen) atoms. The molecule has 0 saturated heterocycles. The summed E-state index contributed by atoms with van der Waals surface area (Å²) in [5, 5.41) is 25.0. The quantitative estimate of drug-likeness (QED) is 0.448. The minimum absolute atomic E-state index is 0.108. The van der Waals surface area contributed by atoms with Gasteiger partial charge in [0.1, 0.15) is 0 Å². The Kier molecular flexibility index (Phi) is 6.67. The van der Waals surface area contributed by atoms with Crippen LogP contribution in [0.4, 0.5) is 4.79 Å². The van der Waals surface area contributed by atoms with Crippen LogP contribution in [-0.4, -0.2) is 46.1 Å². The van der Waals surface area contributed by atoms with Gasteiger partial charge in [0.25, 0.3) is 0 Å². The molecule has 0 spiro atoms. The second kappa shape index (κ2) is 9.78. The van der Waals surface area contributed by atoms with Crippen LogP contribution in [0.1, 0.15) is 71.3 Å². The summed E-state index contributed by atoms with van der Waals surface area (Å²) >= 11 is 0. The first kappa shape index (κ1) is 26.6. The maximum Gasteiger partial charge on any atom is 0.410 e. The van der Waals surface area contributed by atoms with Crippen molar-refractivity contribution >= 4 is 16.9 Å². The molecular weight excluding hydrogens is 486 g/mol. The second-order valence-electron chi connectivity index (χ2n) is 13.0. The molecular formula is C34H43NO4. The maximum absolute atomic E-state index is 13.3. The summed E-state index contributed by atoms with van der Waals surface area (Å²) < 4.78 is 5.52. The van der Waals surface area contributed by atoms with Crippen molar-refractivity contribution in [3.05, 3.63) is 71.3 Å². The van der Waals surface area contributed by atoms with E-state index in [0.29, 0.717) is 31.4 Å². The summed E-state index contributed by atoms with van der Waals surface area (Å²) in [6.45, 7) is 7.47. The number of hydrogen-bond acceptors (Lipinski definition) is 4. The van der Waals surface area contributed by atoms with Crippen LogP contribution in [0.2, 0.25) is 0 Å². The van der Waals surface area contributed by atoms with E-state index in [-0.39, 0.29) is 29.6 Å². The summed E-state index contributed by atoms with van der Waals surface area (Å²) in [6.07, 6.45) is 10.3. The van der Waals surface area contributed by atoms with Crippen molar-refractivity contribution in [2.45, 2.75) is 84.0 Å². The molecule has 0 bridgehead atoms. The molecule has 0 unspecified atom stereocenters. The van der Waals surface area contributed by atoms with Crippen LogP contribution in [0.25, 0.3) is 10.8 Å². The molecule has 0 aromatic heterocycles. The van der Waals surface area contributed by atoms with Gasteiger partial charge in [-0.2, -0.15) is 0 Å². The number of aliphatic hydroxyl groups is 2. The fourth-order valence-corrected chi connectivity index (χ4v) is 8.71. The summed E-state index contributed by atoms with van der Waals surface area (Å²) in [7, 11) is 0. The van der Waals surface area contributed by atoms with Gasteiger partial charge < -0.3 is 19.8 Å². The molecule has 4 aliphatic rings. The summed E-state index contributed by atoms with van der Waals surface area (Å²) in [5.74, 6) is 0.770. The number of aliphatic hydroxyl groups excluding tert-OH is 1. The molecule has 0 heterocycles. The first-order valence-electron chi connectivity index (χ1n) is 14.9. The van der Waals surface area contributed by atoms with Gasteiger partial charge in [-0.05, 0) is 85.5 Å². The van der Waals surface area contributed by atoms with Gasteiger partial charge in [0.05, 0.1) is 24.9 Å². The molecule has 3 fully saturated rings. The third-order valence-corrected chi connectivity index (χ3v) is 11.1. The standard InChI is InChI=1S/C34H43NO4/c1-4-39-31(37)35(21-24-10-7-9-23-8-5-6-11-27(23)24)22-34(38)19-16-30-28-13-12-25-20-26(36)14-17-32(25,2)29(28)15-18-33(30,34)3/h5-13,26,29-30,36,38H,4,14-22H2,1-3H3/t26-,29-,30-,32-,33-,34+/m0/s1. The zero-order chi connectivity index (χ0) is 27.4. The van der Waals surface area contributed by atoms with Gasteiger partial charge in [-0.1, -0.05) is 79.6 Å². The Labute approximate surface area is 232 Å². The van der Waals surface area contributed by atoms with E-state index in [1.165, 1.54) is 11.1 Å². The average molecular weight is 530 g/mol. The lowest BCUT2D eigenvalue weighted by Gasteiger charge is -2.56. The van der Waals surface area contributed by atoms with Gasteiger partial charge in [0.2, 0.25) is 0 Å². The molecule has 4 aliphatic carbocycles. The van der Waals surface area contributed by atoms with Gasteiger partial charge >= 0.3 is 6.09 Å². The SMILES string of the molecule is CCOC(=O)N(Cc1cccc2ccccc12)C[C@]1(O)CC[C@H]2C3=CC=C4C[C@@H](O)CC[C@]4(C)[C@H]3CC[C@@]21C. The summed E-state index contributed by atoms with van der Waals surface area (Å²) in [4.78, 5) is 15.0. The van der Waals surface area contributed by atoms with E-state index in [4.69, 9.17) is 4.74 Å². The predicted octanol–water partition coefficient (Wildman–Crippen LogP) is 6.77. The lowest BCUT2D eigenvalue weighted by Crippen LogP contribution is -2.56. The number of amides is 1. The predicted molar refractivity (Wildman–Crippen MR) is 154 cm³/mol. The fourth-order valence-electron chi connectivity index (χ4n) is 8.71. The monoisotopic (exact) mass is 529 g/mol. The van der Waals surface area contributed by atoms with Crippen molar-refractivity contribution in [2.24, 2.45) is 22.7 Å². The Bertz CT molecular complexity index is 1330. The first-order valence-corrected chi connectivity index (χ1v) is 14.9.